The molecule has 1 aliphatic rings. The standard InChI is InChI=1S/C9H14FN3S/c10-9-7(5-11)6-12-13(9)8-1-3-14-4-2-8/h6,8H,1-5,11H2. The van der Waals surface area contributed by atoms with Crippen LogP contribution in [0.2, 0.25) is 0 Å². The van der Waals surface area contributed by atoms with Gasteiger partial charge in [0, 0.05) is 12.1 Å². The van der Waals surface area contributed by atoms with Crippen LogP contribution in [0.25, 0.3) is 0 Å². The molecule has 3 nitrogen and oxygen atoms in total. The van der Waals surface area contributed by atoms with Gasteiger partial charge >= 0.3 is 0 Å². The first-order valence-electron chi connectivity index (χ1n) is 4.82. The smallest absolute Gasteiger partial charge is 0.216 e. The van der Waals surface area contributed by atoms with E-state index in [9.17, 15) is 4.39 Å². The maximum atomic E-state index is 13.6. The summed E-state index contributed by atoms with van der Waals surface area (Å²) in [6.45, 7) is 0.229. The van der Waals surface area contributed by atoms with Gasteiger partial charge in [-0.3, -0.25) is 0 Å². The number of rotatable bonds is 2. The molecule has 2 N–H and O–H groups in total. The van der Waals surface area contributed by atoms with Gasteiger partial charge in [-0.15, -0.1) is 0 Å². The molecule has 2 heterocycles. The van der Waals surface area contributed by atoms with Gasteiger partial charge < -0.3 is 5.73 Å². The number of aromatic nitrogens is 2. The lowest BCUT2D eigenvalue weighted by molar-refractivity contribution is 0.355. The van der Waals surface area contributed by atoms with Crippen LogP contribution in [-0.2, 0) is 6.54 Å². The number of nitrogens with two attached hydrogens (primary N) is 1. The number of hydrogen-bond donors (Lipinski definition) is 1. The zero-order chi connectivity index (χ0) is 9.97. The van der Waals surface area contributed by atoms with Gasteiger partial charge in [0.25, 0.3) is 0 Å². The van der Waals surface area contributed by atoms with Crippen molar-refractivity contribution >= 4 is 11.8 Å². The molecule has 0 saturated carbocycles. The number of halogens is 1. The largest absolute Gasteiger partial charge is 0.326 e. The highest BCUT2D eigenvalue weighted by Gasteiger charge is 2.20. The third-order valence-corrected chi connectivity index (χ3v) is 3.61. The summed E-state index contributed by atoms with van der Waals surface area (Å²) in [6.07, 6.45) is 3.55. The highest BCUT2D eigenvalue weighted by atomic mass is 32.2. The molecule has 1 aromatic rings. The topological polar surface area (TPSA) is 43.8 Å². The van der Waals surface area contributed by atoms with Crippen molar-refractivity contribution in [1.29, 1.82) is 0 Å². The minimum Gasteiger partial charge on any atom is -0.326 e. The predicted octanol–water partition coefficient (Wildman–Crippen LogP) is 1.55. The van der Waals surface area contributed by atoms with Crippen molar-refractivity contribution in [3.8, 4) is 0 Å². The van der Waals surface area contributed by atoms with Gasteiger partial charge in [-0.2, -0.15) is 21.3 Å². The normalized spacial score (nSPS) is 18.7. The minimum atomic E-state index is -0.246. The summed E-state index contributed by atoms with van der Waals surface area (Å²) in [5, 5.41) is 4.06. The fourth-order valence-electron chi connectivity index (χ4n) is 1.70. The average Bonchev–Trinajstić information content (AvgIpc) is 2.61. The molecule has 0 aromatic carbocycles. The summed E-state index contributed by atoms with van der Waals surface area (Å²) in [4.78, 5) is 0. The number of nitrogens with zero attached hydrogens (tertiary/aromatic N) is 2. The summed E-state index contributed by atoms with van der Waals surface area (Å²) in [6, 6.07) is 0.233. The van der Waals surface area contributed by atoms with Crippen molar-refractivity contribution in [2.24, 2.45) is 5.73 Å². The second kappa shape index (κ2) is 4.31. The molecule has 2 rings (SSSR count). The minimum absolute atomic E-state index is 0.229. The molecule has 1 saturated heterocycles. The second-order valence-electron chi connectivity index (χ2n) is 3.45. The molecule has 0 unspecified atom stereocenters. The zero-order valence-electron chi connectivity index (χ0n) is 7.95. The lowest BCUT2D eigenvalue weighted by Gasteiger charge is -2.21. The van der Waals surface area contributed by atoms with Gasteiger partial charge in [0.05, 0.1) is 12.2 Å². The van der Waals surface area contributed by atoms with E-state index in [-0.39, 0.29) is 18.5 Å². The molecule has 0 amide bonds. The first-order valence-corrected chi connectivity index (χ1v) is 5.98. The molecular formula is C9H14FN3S. The molecule has 5 heteroatoms. The second-order valence-corrected chi connectivity index (χ2v) is 4.68. The van der Waals surface area contributed by atoms with Crippen LogP contribution in [-0.4, -0.2) is 21.3 Å². The van der Waals surface area contributed by atoms with Crippen molar-refractivity contribution in [3.05, 3.63) is 17.7 Å². The van der Waals surface area contributed by atoms with Crippen molar-refractivity contribution in [1.82, 2.24) is 9.78 Å². The van der Waals surface area contributed by atoms with E-state index in [1.165, 1.54) is 10.9 Å². The van der Waals surface area contributed by atoms with Crippen LogP contribution in [0.3, 0.4) is 0 Å². The van der Waals surface area contributed by atoms with E-state index in [4.69, 9.17) is 5.73 Å². The molecule has 1 fully saturated rings. The highest BCUT2D eigenvalue weighted by molar-refractivity contribution is 7.99. The van der Waals surface area contributed by atoms with Crippen LogP contribution in [0, 0.1) is 5.95 Å². The lowest BCUT2D eigenvalue weighted by atomic mass is 10.1. The Bertz CT molecular complexity index is 307. The van der Waals surface area contributed by atoms with Crippen LogP contribution >= 0.6 is 11.8 Å². The van der Waals surface area contributed by atoms with E-state index in [2.05, 4.69) is 5.10 Å². The lowest BCUT2D eigenvalue weighted by Crippen LogP contribution is -2.18. The molecule has 78 valence electrons. The predicted molar refractivity (Wildman–Crippen MR) is 55.7 cm³/mol. The van der Waals surface area contributed by atoms with Crippen molar-refractivity contribution in [2.75, 3.05) is 11.5 Å². The molecule has 0 aliphatic carbocycles. The Hall–Kier alpha value is -0.550. The Morgan fingerprint density at radius 2 is 2.29 bits per heavy atom. The summed E-state index contributed by atoms with van der Waals surface area (Å²) < 4.78 is 15.1. The van der Waals surface area contributed by atoms with Crippen LogP contribution in [0.15, 0.2) is 6.20 Å². The van der Waals surface area contributed by atoms with E-state index in [0.29, 0.717) is 5.56 Å². The molecule has 0 bridgehead atoms. The molecule has 0 radical (unpaired) electrons. The Kier molecular flexibility index (Phi) is 3.08. The average molecular weight is 215 g/mol. The van der Waals surface area contributed by atoms with Crippen molar-refractivity contribution in [2.45, 2.75) is 25.4 Å². The van der Waals surface area contributed by atoms with Crippen molar-refractivity contribution in [3.63, 3.8) is 0 Å². The Labute approximate surface area is 86.9 Å². The molecule has 1 aliphatic heterocycles. The van der Waals surface area contributed by atoms with Crippen molar-refractivity contribution < 1.29 is 4.39 Å². The van der Waals surface area contributed by atoms with Gasteiger partial charge in [0.15, 0.2) is 0 Å². The molecular weight excluding hydrogens is 201 g/mol. The summed E-state index contributed by atoms with van der Waals surface area (Å²) in [5.74, 6) is 1.95. The third kappa shape index (κ3) is 1.79. The highest BCUT2D eigenvalue weighted by Crippen LogP contribution is 2.27. The maximum absolute atomic E-state index is 13.6. The number of hydrogen-bond acceptors (Lipinski definition) is 3. The zero-order valence-corrected chi connectivity index (χ0v) is 8.76. The Morgan fingerprint density at radius 3 is 2.86 bits per heavy atom. The van der Waals surface area contributed by atoms with Crippen LogP contribution in [0.1, 0.15) is 24.4 Å². The fraction of sp³-hybridized carbons (Fsp3) is 0.667. The van der Waals surface area contributed by atoms with E-state index in [1.807, 2.05) is 11.8 Å². The maximum Gasteiger partial charge on any atom is 0.216 e. The quantitative estimate of drug-likeness (QED) is 0.814. The molecule has 0 atom stereocenters. The monoisotopic (exact) mass is 215 g/mol. The first-order chi connectivity index (χ1) is 6.83. The summed E-state index contributed by atoms with van der Waals surface area (Å²) in [7, 11) is 0. The van der Waals surface area contributed by atoms with E-state index < -0.39 is 0 Å². The van der Waals surface area contributed by atoms with Gasteiger partial charge in [0.2, 0.25) is 5.95 Å². The summed E-state index contributed by atoms with van der Waals surface area (Å²) in [5.41, 5.74) is 5.91. The van der Waals surface area contributed by atoms with Gasteiger partial charge in [-0.05, 0) is 24.3 Å². The van der Waals surface area contributed by atoms with Crippen LogP contribution in [0.5, 0.6) is 0 Å². The molecule has 14 heavy (non-hydrogen) atoms. The van der Waals surface area contributed by atoms with Gasteiger partial charge in [0.1, 0.15) is 0 Å². The number of thioether (sulfide) groups is 1. The molecule has 0 spiro atoms. The van der Waals surface area contributed by atoms with Crippen LogP contribution < -0.4 is 5.73 Å². The Morgan fingerprint density at radius 1 is 1.57 bits per heavy atom. The van der Waals surface area contributed by atoms with E-state index in [1.54, 1.807) is 0 Å². The van der Waals surface area contributed by atoms with Gasteiger partial charge in [-0.1, -0.05) is 0 Å². The third-order valence-electron chi connectivity index (χ3n) is 2.56. The first kappa shape index (κ1) is 9.98. The van der Waals surface area contributed by atoms with Gasteiger partial charge in [-0.25, -0.2) is 4.68 Å². The SMILES string of the molecule is NCc1cnn(C2CCSCC2)c1F. The summed E-state index contributed by atoms with van der Waals surface area (Å²) >= 11 is 1.92. The molecule has 1 aromatic heterocycles. The van der Waals surface area contributed by atoms with E-state index >= 15 is 0 Å². The fourth-order valence-corrected chi connectivity index (χ4v) is 2.79. The van der Waals surface area contributed by atoms with E-state index in [0.717, 1.165) is 24.3 Å². The van der Waals surface area contributed by atoms with Crippen LogP contribution in [0.4, 0.5) is 4.39 Å². The Balaban J connectivity index is 2.18.